The fourth-order valence-corrected chi connectivity index (χ4v) is 2.40. The van der Waals surface area contributed by atoms with Crippen LogP contribution < -0.4 is 5.56 Å². The number of hydrogen-bond acceptors (Lipinski definition) is 2. The van der Waals surface area contributed by atoms with Crippen LogP contribution in [0, 0.1) is 0 Å². The van der Waals surface area contributed by atoms with Crippen LogP contribution >= 0.6 is 0 Å². The molecule has 1 aliphatic rings. The van der Waals surface area contributed by atoms with Gasteiger partial charge in [0.2, 0.25) is 5.78 Å². The molecule has 1 aromatic heterocycles. The van der Waals surface area contributed by atoms with E-state index in [1.807, 2.05) is 0 Å². The lowest BCUT2D eigenvalue weighted by atomic mass is 10.0. The highest BCUT2D eigenvalue weighted by Gasteiger charge is 2.27. The van der Waals surface area contributed by atoms with Crippen LogP contribution in [-0.4, -0.2) is 10.8 Å². The average molecular weight is 303 g/mol. The number of ketones is 1. The van der Waals surface area contributed by atoms with E-state index in [9.17, 15) is 18.4 Å². The van der Waals surface area contributed by atoms with Crippen LogP contribution in [0.1, 0.15) is 52.9 Å². The van der Waals surface area contributed by atoms with Crippen LogP contribution in [0.3, 0.4) is 0 Å². The van der Waals surface area contributed by atoms with Gasteiger partial charge in [0.05, 0.1) is 5.69 Å². The number of halogens is 2. The van der Waals surface area contributed by atoms with E-state index in [-0.39, 0.29) is 28.2 Å². The van der Waals surface area contributed by atoms with Crippen molar-refractivity contribution in [1.82, 2.24) is 4.98 Å². The number of rotatable bonds is 4. The summed E-state index contributed by atoms with van der Waals surface area (Å²) in [4.78, 5) is 26.8. The highest BCUT2D eigenvalue weighted by Crippen LogP contribution is 2.38. The van der Waals surface area contributed by atoms with E-state index in [2.05, 4.69) is 4.98 Å². The summed E-state index contributed by atoms with van der Waals surface area (Å²) in [7, 11) is 0. The zero-order chi connectivity index (χ0) is 15.9. The molecule has 0 bridgehead atoms. The minimum atomic E-state index is -2.94. The summed E-state index contributed by atoms with van der Waals surface area (Å²) in [6, 6.07) is 8.41. The van der Waals surface area contributed by atoms with Crippen LogP contribution in [-0.2, 0) is 5.92 Å². The second-order valence-corrected chi connectivity index (χ2v) is 5.73. The molecule has 0 spiro atoms. The summed E-state index contributed by atoms with van der Waals surface area (Å²) in [6.45, 7) is 0.803. The Labute approximate surface area is 126 Å². The zero-order valence-corrected chi connectivity index (χ0v) is 12.0. The second kappa shape index (κ2) is 5.16. The first-order chi connectivity index (χ1) is 10.4. The van der Waals surface area contributed by atoms with Gasteiger partial charge in [0, 0.05) is 23.6 Å². The van der Waals surface area contributed by atoms with Gasteiger partial charge in [0.1, 0.15) is 0 Å². The van der Waals surface area contributed by atoms with E-state index in [0.717, 1.165) is 19.8 Å². The monoisotopic (exact) mass is 303 g/mol. The molecule has 0 aliphatic heterocycles. The number of carbonyl (C=O) groups excluding carboxylic acids is 1. The number of benzene rings is 1. The lowest BCUT2D eigenvalue weighted by molar-refractivity contribution is 0.0174. The first-order valence-corrected chi connectivity index (χ1v) is 7.12. The largest absolute Gasteiger partial charge is 0.319 e. The summed E-state index contributed by atoms with van der Waals surface area (Å²) in [5.41, 5.74) is 0.748. The number of pyridine rings is 1. The molecule has 2 aromatic rings. The molecule has 1 fully saturated rings. The van der Waals surface area contributed by atoms with Gasteiger partial charge < -0.3 is 4.98 Å². The van der Waals surface area contributed by atoms with Crippen LogP contribution in [0.25, 0.3) is 0 Å². The van der Waals surface area contributed by atoms with Crippen molar-refractivity contribution in [3.05, 3.63) is 69.1 Å². The first kappa shape index (κ1) is 14.6. The Morgan fingerprint density at radius 3 is 2.27 bits per heavy atom. The van der Waals surface area contributed by atoms with Crippen LogP contribution in [0.2, 0.25) is 0 Å². The maximum atomic E-state index is 13.2. The molecule has 3 rings (SSSR count). The SMILES string of the molecule is CC(F)(F)c1ccc(C(=O)c2ccc(C3CC3)c(=O)[nH]2)cc1. The lowest BCUT2D eigenvalue weighted by Crippen LogP contribution is -2.17. The third-order valence-electron chi connectivity index (χ3n) is 3.86. The second-order valence-electron chi connectivity index (χ2n) is 5.73. The Kier molecular flexibility index (Phi) is 3.43. The number of H-pyrrole nitrogens is 1. The normalized spacial score (nSPS) is 14.9. The van der Waals surface area contributed by atoms with Gasteiger partial charge in [0.15, 0.2) is 0 Å². The number of hydrogen-bond donors (Lipinski definition) is 1. The van der Waals surface area contributed by atoms with Crippen LogP contribution in [0.15, 0.2) is 41.2 Å². The van der Waals surface area contributed by atoms with Crippen molar-refractivity contribution >= 4 is 5.78 Å². The van der Waals surface area contributed by atoms with Crippen molar-refractivity contribution in [2.75, 3.05) is 0 Å². The summed E-state index contributed by atoms with van der Waals surface area (Å²) >= 11 is 0. The molecule has 3 nitrogen and oxygen atoms in total. The van der Waals surface area contributed by atoms with Gasteiger partial charge in [-0.1, -0.05) is 30.3 Å². The van der Waals surface area contributed by atoms with Crippen molar-refractivity contribution in [3.8, 4) is 0 Å². The van der Waals surface area contributed by atoms with Gasteiger partial charge in [-0.2, -0.15) is 0 Å². The summed E-state index contributed by atoms with van der Waals surface area (Å²) < 4.78 is 26.3. The Hall–Kier alpha value is -2.30. The van der Waals surface area contributed by atoms with E-state index in [0.29, 0.717) is 11.5 Å². The van der Waals surface area contributed by atoms with Crippen molar-refractivity contribution in [2.45, 2.75) is 31.6 Å². The number of aromatic nitrogens is 1. The topological polar surface area (TPSA) is 49.9 Å². The van der Waals surface area contributed by atoms with Crippen LogP contribution in [0.5, 0.6) is 0 Å². The molecule has 22 heavy (non-hydrogen) atoms. The Morgan fingerprint density at radius 2 is 1.77 bits per heavy atom. The molecule has 1 N–H and O–H groups in total. The summed E-state index contributed by atoms with van der Waals surface area (Å²) in [5.74, 6) is -3.02. The summed E-state index contributed by atoms with van der Waals surface area (Å²) in [5, 5.41) is 0. The lowest BCUT2D eigenvalue weighted by Gasteiger charge is -2.10. The molecule has 1 saturated carbocycles. The van der Waals surface area contributed by atoms with Crippen molar-refractivity contribution in [3.63, 3.8) is 0 Å². The molecule has 5 heteroatoms. The molecule has 114 valence electrons. The van der Waals surface area contributed by atoms with E-state index in [1.165, 1.54) is 24.3 Å². The standard InChI is InChI=1S/C17H15F2NO2/c1-17(18,19)12-6-4-11(5-7-12)15(21)14-9-8-13(10-2-3-10)16(22)20-14/h4-10H,2-3H2,1H3,(H,20,22). The third-order valence-corrected chi connectivity index (χ3v) is 3.86. The summed E-state index contributed by atoms with van der Waals surface area (Å²) in [6.07, 6.45) is 2.01. The van der Waals surface area contributed by atoms with Gasteiger partial charge in [0.25, 0.3) is 11.5 Å². The van der Waals surface area contributed by atoms with Gasteiger partial charge in [-0.05, 0) is 24.8 Å². The highest BCUT2D eigenvalue weighted by molar-refractivity contribution is 6.07. The molecule has 1 aliphatic carbocycles. The number of carbonyl (C=O) groups is 1. The van der Waals surface area contributed by atoms with E-state index in [1.54, 1.807) is 12.1 Å². The van der Waals surface area contributed by atoms with Gasteiger partial charge >= 0.3 is 0 Å². The minimum absolute atomic E-state index is 0.151. The van der Waals surface area contributed by atoms with E-state index in [4.69, 9.17) is 0 Å². The quantitative estimate of drug-likeness (QED) is 0.877. The molecule has 0 amide bonds. The zero-order valence-electron chi connectivity index (χ0n) is 12.0. The number of alkyl halides is 2. The fourth-order valence-electron chi connectivity index (χ4n) is 2.40. The number of aromatic amines is 1. The Bertz CT molecular complexity index is 768. The van der Waals surface area contributed by atoms with E-state index < -0.39 is 5.92 Å². The van der Waals surface area contributed by atoms with Gasteiger partial charge in [-0.3, -0.25) is 9.59 Å². The van der Waals surface area contributed by atoms with Gasteiger partial charge in [-0.25, -0.2) is 8.78 Å². The van der Waals surface area contributed by atoms with Crippen molar-refractivity contribution in [1.29, 1.82) is 0 Å². The van der Waals surface area contributed by atoms with Crippen molar-refractivity contribution in [2.24, 2.45) is 0 Å². The Balaban J connectivity index is 1.87. The third kappa shape index (κ3) is 2.84. The number of nitrogens with one attached hydrogen (secondary N) is 1. The smallest absolute Gasteiger partial charge is 0.270 e. The first-order valence-electron chi connectivity index (χ1n) is 7.12. The predicted octanol–water partition coefficient (Wildman–Crippen LogP) is 3.60. The molecule has 0 radical (unpaired) electrons. The van der Waals surface area contributed by atoms with Gasteiger partial charge in [-0.15, -0.1) is 0 Å². The predicted molar refractivity (Wildman–Crippen MR) is 78.5 cm³/mol. The molecule has 0 saturated heterocycles. The van der Waals surface area contributed by atoms with E-state index >= 15 is 0 Å². The molecule has 0 unspecified atom stereocenters. The fraction of sp³-hybridized carbons (Fsp3) is 0.294. The minimum Gasteiger partial charge on any atom is -0.319 e. The average Bonchev–Trinajstić information content (AvgIpc) is 3.30. The highest BCUT2D eigenvalue weighted by atomic mass is 19.3. The maximum absolute atomic E-state index is 13.2. The molecular formula is C17H15F2NO2. The van der Waals surface area contributed by atoms with Crippen LogP contribution in [0.4, 0.5) is 8.78 Å². The van der Waals surface area contributed by atoms with Crippen molar-refractivity contribution < 1.29 is 13.6 Å². The molecule has 1 aromatic carbocycles. The Morgan fingerprint density at radius 1 is 1.14 bits per heavy atom. The maximum Gasteiger partial charge on any atom is 0.270 e. The molecular weight excluding hydrogens is 288 g/mol. The molecule has 0 atom stereocenters. The molecule has 1 heterocycles.